The van der Waals surface area contributed by atoms with E-state index < -0.39 is 0 Å². The van der Waals surface area contributed by atoms with Crippen LogP contribution >= 0.6 is 15.9 Å². The average Bonchev–Trinajstić information content (AvgIpc) is 2.30. The molecule has 2 heterocycles. The standard InChI is InChI=1S/C13H20BrN3/c14-13-6-12(7-16-8-13)10-17-5-1-2-11(9-17)3-4-15/h6-8,11H,1-5,9-10,15H2. The van der Waals surface area contributed by atoms with E-state index in [1.165, 1.54) is 31.5 Å². The summed E-state index contributed by atoms with van der Waals surface area (Å²) in [7, 11) is 0. The monoisotopic (exact) mass is 297 g/mol. The Balaban J connectivity index is 1.90. The number of hydrogen-bond acceptors (Lipinski definition) is 3. The van der Waals surface area contributed by atoms with Gasteiger partial charge in [-0.25, -0.2) is 0 Å². The molecule has 1 aromatic rings. The highest BCUT2D eigenvalue weighted by molar-refractivity contribution is 9.10. The lowest BCUT2D eigenvalue weighted by Crippen LogP contribution is -2.35. The summed E-state index contributed by atoms with van der Waals surface area (Å²) >= 11 is 3.47. The second-order valence-corrected chi connectivity index (χ2v) is 5.75. The summed E-state index contributed by atoms with van der Waals surface area (Å²) in [4.78, 5) is 6.73. The third kappa shape index (κ3) is 4.05. The Labute approximate surface area is 112 Å². The molecule has 2 N–H and O–H groups in total. The summed E-state index contributed by atoms with van der Waals surface area (Å²) < 4.78 is 1.06. The number of nitrogens with zero attached hydrogens (tertiary/aromatic N) is 2. The lowest BCUT2D eigenvalue weighted by atomic mass is 9.94. The molecule has 4 heteroatoms. The van der Waals surface area contributed by atoms with Gasteiger partial charge in [0.15, 0.2) is 0 Å². The summed E-state index contributed by atoms with van der Waals surface area (Å²) in [5, 5.41) is 0. The number of nitrogens with two attached hydrogens (primary N) is 1. The lowest BCUT2D eigenvalue weighted by Gasteiger charge is -2.32. The zero-order valence-corrected chi connectivity index (χ0v) is 11.7. The normalized spacial score (nSPS) is 21.6. The number of hydrogen-bond donors (Lipinski definition) is 1. The van der Waals surface area contributed by atoms with Crippen molar-refractivity contribution in [2.45, 2.75) is 25.8 Å². The van der Waals surface area contributed by atoms with Crippen LogP contribution in [0.2, 0.25) is 0 Å². The van der Waals surface area contributed by atoms with Crippen LogP contribution in [0.4, 0.5) is 0 Å². The fraction of sp³-hybridized carbons (Fsp3) is 0.615. The third-order valence-electron chi connectivity index (χ3n) is 3.35. The molecule has 17 heavy (non-hydrogen) atoms. The number of aromatic nitrogens is 1. The van der Waals surface area contributed by atoms with E-state index in [4.69, 9.17) is 5.73 Å². The van der Waals surface area contributed by atoms with Crippen LogP contribution in [0.5, 0.6) is 0 Å². The van der Waals surface area contributed by atoms with E-state index in [2.05, 4.69) is 31.9 Å². The number of piperidine rings is 1. The van der Waals surface area contributed by atoms with Crippen LogP contribution in [0.15, 0.2) is 22.9 Å². The van der Waals surface area contributed by atoms with Gasteiger partial charge in [0, 0.05) is 30.0 Å². The first kappa shape index (κ1) is 13.0. The zero-order valence-electron chi connectivity index (χ0n) is 10.1. The van der Waals surface area contributed by atoms with Gasteiger partial charge in [-0.2, -0.15) is 0 Å². The molecule has 0 bridgehead atoms. The van der Waals surface area contributed by atoms with Crippen molar-refractivity contribution in [2.24, 2.45) is 11.7 Å². The maximum atomic E-state index is 5.64. The van der Waals surface area contributed by atoms with Gasteiger partial charge in [-0.1, -0.05) is 0 Å². The number of likely N-dealkylation sites (tertiary alicyclic amines) is 1. The van der Waals surface area contributed by atoms with Crippen molar-refractivity contribution in [3.8, 4) is 0 Å². The average molecular weight is 298 g/mol. The van der Waals surface area contributed by atoms with Crippen molar-refractivity contribution in [2.75, 3.05) is 19.6 Å². The summed E-state index contributed by atoms with van der Waals surface area (Å²) in [6.07, 6.45) is 7.58. The molecule has 1 aliphatic heterocycles. The molecule has 2 rings (SSSR count). The van der Waals surface area contributed by atoms with Crippen LogP contribution < -0.4 is 5.73 Å². The Hall–Kier alpha value is -0.450. The molecule has 1 atom stereocenters. The van der Waals surface area contributed by atoms with E-state index in [1.807, 2.05) is 12.4 Å². The third-order valence-corrected chi connectivity index (χ3v) is 3.78. The summed E-state index contributed by atoms with van der Waals surface area (Å²) in [6, 6.07) is 2.15. The minimum atomic E-state index is 0.786. The van der Waals surface area contributed by atoms with Gasteiger partial charge < -0.3 is 5.73 Å². The van der Waals surface area contributed by atoms with E-state index in [1.54, 1.807) is 0 Å². The summed E-state index contributed by atoms with van der Waals surface area (Å²) in [6.45, 7) is 4.21. The minimum Gasteiger partial charge on any atom is -0.330 e. The van der Waals surface area contributed by atoms with E-state index >= 15 is 0 Å². The number of pyridine rings is 1. The topological polar surface area (TPSA) is 42.1 Å². The molecule has 0 aliphatic carbocycles. The molecule has 0 aromatic carbocycles. The van der Waals surface area contributed by atoms with Crippen molar-refractivity contribution in [1.82, 2.24) is 9.88 Å². The molecule has 1 aromatic heterocycles. The fourth-order valence-electron chi connectivity index (χ4n) is 2.57. The van der Waals surface area contributed by atoms with Crippen LogP contribution in [0.1, 0.15) is 24.8 Å². The minimum absolute atomic E-state index is 0.786. The van der Waals surface area contributed by atoms with Gasteiger partial charge in [-0.05, 0) is 65.8 Å². The van der Waals surface area contributed by atoms with Crippen LogP contribution in [0, 0.1) is 5.92 Å². The molecule has 3 nitrogen and oxygen atoms in total. The Bertz CT molecular complexity index is 354. The summed E-state index contributed by atoms with van der Waals surface area (Å²) in [5.74, 6) is 0.786. The molecule has 1 saturated heterocycles. The molecule has 0 amide bonds. The van der Waals surface area contributed by atoms with Crippen molar-refractivity contribution in [3.63, 3.8) is 0 Å². The van der Waals surface area contributed by atoms with Gasteiger partial charge in [0.25, 0.3) is 0 Å². The molecular weight excluding hydrogens is 278 g/mol. The Kier molecular flexibility index (Phi) is 4.95. The van der Waals surface area contributed by atoms with E-state index in [0.717, 1.165) is 29.9 Å². The zero-order chi connectivity index (χ0) is 12.1. The van der Waals surface area contributed by atoms with Crippen molar-refractivity contribution in [3.05, 3.63) is 28.5 Å². The molecule has 0 radical (unpaired) electrons. The molecule has 0 spiro atoms. The van der Waals surface area contributed by atoms with Gasteiger partial charge in [-0.3, -0.25) is 9.88 Å². The molecule has 94 valence electrons. The highest BCUT2D eigenvalue weighted by atomic mass is 79.9. The number of rotatable bonds is 4. The van der Waals surface area contributed by atoms with Crippen molar-refractivity contribution >= 4 is 15.9 Å². The van der Waals surface area contributed by atoms with Gasteiger partial charge in [0.1, 0.15) is 0 Å². The van der Waals surface area contributed by atoms with Gasteiger partial charge in [0.2, 0.25) is 0 Å². The van der Waals surface area contributed by atoms with Crippen molar-refractivity contribution in [1.29, 1.82) is 0 Å². The maximum absolute atomic E-state index is 5.64. The molecule has 1 fully saturated rings. The van der Waals surface area contributed by atoms with Crippen LogP contribution in [-0.4, -0.2) is 29.5 Å². The van der Waals surface area contributed by atoms with Gasteiger partial charge >= 0.3 is 0 Å². The van der Waals surface area contributed by atoms with Crippen LogP contribution in [0.3, 0.4) is 0 Å². The first-order chi connectivity index (χ1) is 8.28. The Morgan fingerprint density at radius 1 is 1.47 bits per heavy atom. The number of halogens is 1. The quantitative estimate of drug-likeness (QED) is 0.928. The Morgan fingerprint density at radius 3 is 3.12 bits per heavy atom. The highest BCUT2D eigenvalue weighted by Gasteiger charge is 2.19. The SMILES string of the molecule is NCCC1CCCN(Cc2cncc(Br)c2)C1. The van der Waals surface area contributed by atoms with Crippen molar-refractivity contribution < 1.29 is 0 Å². The first-order valence-electron chi connectivity index (χ1n) is 6.30. The largest absolute Gasteiger partial charge is 0.330 e. The lowest BCUT2D eigenvalue weighted by molar-refractivity contribution is 0.163. The van der Waals surface area contributed by atoms with E-state index in [-0.39, 0.29) is 0 Å². The van der Waals surface area contributed by atoms with Gasteiger partial charge in [-0.15, -0.1) is 0 Å². The second-order valence-electron chi connectivity index (χ2n) is 4.83. The second kappa shape index (κ2) is 6.47. The predicted octanol–water partition coefficient (Wildman–Crippen LogP) is 2.40. The molecule has 0 saturated carbocycles. The molecular formula is C13H20BrN3. The highest BCUT2D eigenvalue weighted by Crippen LogP contribution is 2.21. The first-order valence-corrected chi connectivity index (χ1v) is 7.09. The molecule has 1 unspecified atom stereocenters. The summed E-state index contributed by atoms with van der Waals surface area (Å²) in [5.41, 5.74) is 6.93. The van der Waals surface area contributed by atoms with E-state index in [0.29, 0.717) is 0 Å². The molecule has 1 aliphatic rings. The predicted molar refractivity (Wildman–Crippen MR) is 73.6 cm³/mol. The van der Waals surface area contributed by atoms with Gasteiger partial charge in [0.05, 0.1) is 0 Å². The maximum Gasteiger partial charge on any atom is 0.0410 e. The van der Waals surface area contributed by atoms with E-state index in [9.17, 15) is 0 Å². The fourth-order valence-corrected chi connectivity index (χ4v) is 2.98. The Morgan fingerprint density at radius 2 is 2.35 bits per heavy atom. The van der Waals surface area contributed by atoms with Crippen LogP contribution in [-0.2, 0) is 6.54 Å². The van der Waals surface area contributed by atoms with Crippen LogP contribution in [0.25, 0.3) is 0 Å². The smallest absolute Gasteiger partial charge is 0.0410 e.